The van der Waals surface area contributed by atoms with Crippen LogP contribution in [0.15, 0.2) is 33.9 Å². The van der Waals surface area contributed by atoms with Gasteiger partial charge in [-0.3, -0.25) is 9.59 Å². The lowest BCUT2D eigenvalue weighted by atomic mass is 9.86. The van der Waals surface area contributed by atoms with Gasteiger partial charge >= 0.3 is 15.9 Å². The van der Waals surface area contributed by atoms with E-state index in [1.165, 1.54) is 14.9 Å². The van der Waals surface area contributed by atoms with Crippen molar-refractivity contribution in [3.05, 3.63) is 56.5 Å². The molecule has 0 aliphatic heterocycles. The van der Waals surface area contributed by atoms with E-state index in [1.54, 1.807) is 73.7 Å². The summed E-state index contributed by atoms with van der Waals surface area (Å²) in [6, 6.07) is 5.67. The van der Waals surface area contributed by atoms with Crippen LogP contribution in [0, 0.1) is 6.92 Å². The molecule has 0 atom stereocenters. The van der Waals surface area contributed by atoms with Crippen molar-refractivity contribution < 1.29 is 13.2 Å². The summed E-state index contributed by atoms with van der Waals surface area (Å²) < 4.78 is 37.0. The Balaban J connectivity index is 2.09. The highest BCUT2D eigenvalue weighted by molar-refractivity contribution is 7.87. The first-order valence-corrected chi connectivity index (χ1v) is 13.4. The second-order valence-electron chi connectivity index (χ2n) is 9.59. The highest BCUT2D eigenvalue weighted by Crippen LogP contribution is 2.33. The van der Waals surface area contributed by atoms with Crippen molar-refractivity contribution >= 4 is 37.7 Å². The van der Waals surface area contributed by atoms with E-state index in [9.17, 15) is 22.8 Å². The van der Waals surface area contributed by atoms with Crippen molar-refractivity contribution in [2.75, 3.05) is 0 Å². The minimum atomic E-state index is -4.10. The van der Waals surface area contributed by atoms with Gasteiger partial charge in [-0.15, -0.1) is 0 Å². The number of nitrogens with one attached hydrogen (secondary N) is 1. The lowest BCUT2D eigenvalue weighted by Gasteiger charge is -2.31. The highest BCUT2D eigenvalue weighted by atomic mass is 32.2. The van der Waals surface area contributed by atoms with Crippen LogP contribution in [0.3, 0.4) is 0 Å². The van der Waals surface area contributed by atoms with Crippen LogP contribution in [0.25, 0.3) is 15.8 Å². The predicted molar refractivity (Wildman–Crippen MR) is 137 cm³/mol. The quantitative estimate of drug-likeness (QED) is 0.509. The summed E-state index contributed by atoms with van der Waals surface area (Å²) in [5.74, 6) is -0.732. The molecule has 35 heavy (non-hydrogen) atoms. The zero-order valence-corrected chi connectivity index (χ0v) is 22.7. The molecule has 0 spiro atoms. The molecule has 1 N–H and O–H groups in total. The first kappa shape index (κ1) is 26.8. The fourth-order valence-corrected chi connectivity index (χ4v) is 6.65. The molecule has 0 aliphatic carbocycles. The molecule has 3 rings (SSSR count). The van der Waals surface area contributed by atoms with Gasteiger partial charge in [-0.2, -0.15) is 17.1 Å². The molecule has 0 bridgehead atoms. The summed E-state index contributed by atoms with van der Waals surface area (Å²) in [6.45, 7) is 11.8. The van der Waals surface area contributed by atoms with Crippen LogP contribution in [0.1, 0.15) is 52.9 Å². The third kappa shape index (κ3) is 4.82. The van der Waals surface area contributed by atoms with Crippen molar-refractivity contribution in [3.8, 4) is 5.69 Å². The minimum Gasteiger partial charge on any atom is -0.301 e. The maximum Gasteiger partial charge on any atom is 0.335 e. The molecule has 2 heterocycles. The Morgan fingerprint density at radius 1 is 1.11 bits per heavy atom. The molecule has 0 fully saturated rings. The average Bonchev–Trinajstić information content (AvgIpc) is 3.15. The average molecular weight is 522 g/mol. The van der Waals surface area contributed by atoms with Crippen molar-refractivity contribution in [2.24, 2.45) is 7.05 Å². The Morgan fingerprint density at radius 2 is 1.71 bits per heavy atom. The molecule has 1 aromatic carbocycles. The van der Waals surface area contributed by atoms with Gasteiger partial charge in [0.05, 0.1) is 21.5 Å². The van der Waals surface area contributed by atoms with E-state index in [1.807, 2.05) is 0 Å². The van der Waals surface area contributed by atoms with Gasteiger partial charge in [-0.1, -0.05) is 0 Å². The number of amides is 1. The molecule has 0 aliphatic rings. The maximum absolute atomic E-state index is 13.3. The molecule has 1 amide bonds. The normalized spacial score (nSPS) is 12.8. The van der Waals surface area contributed by atoms with Gasteiger partial charge in [0.15, 0.2) is 0 Å². The van der Waals surface area contributed by atoms with Gasteiger partial charge in [0.1, 0.15) is 0 Å². The van der Waals surface area contributed by atoms with Gasteiger partial charge in [-0.25, -0.2) is 14.1 Å². The Labute approximate surface area is 208 Å². The van der Waals surface area contributed by atoms with E-state index in [0.29, 0.717) is 22.5 Å². The molecule has 0 unspecified atom stereocenters. The van der Waals surface area contributed by atoms with Gasteiger partial charge < -0.3 is 4.57 Å². The largest absolute Gasteiger partial charge is 0.335 e. The van der Waals surface area contributed by atoms with Crippen molar-refractivity contribution in [2.45, 2.75) is 66.0 Å². The SMILES string of the molecule is Cc1cc(=O)n(-c2ccc3snc(C(C)(C)C(=O)NS(=O)(=O)N(C(C)C)C(C)C)c3c2)c(=O)n1C. The fourth-order valence-electron chi connectivity index (χ4n) is 4.05. The second kappa shape index (κ2) is 9.32. The number of fused-ring (bicyclic) bond motifs is 1. The summed E-state index contributed by atoms with van der Waals surface area (Å²) in [5, 5.41) is 0.559. The van der Waals surface area contributed by atoms with Gasteiger partial charge in [0.2, 0.25) is 5.91 Å². The van der Waals surface area contributed by atoms with Crippen LogP contribution < -0.4 is 16.0 Å². The number of aryl methyl sites for hydroxylation is 1. The Hall–Kier alpha value is -2.83. The van der Waals surface area contributed by atoms with E-state index in [4.69, 9.17) is 0 Å². The first-order valence-electron chi connectivity index (χ1n) is 11.1. The summed E-state index contributed by atoms with van der Waals surface area (Å²) in [6.07, 6.45) is 0. The molecule has 3 aromatic rings. The Kier molecular flexibility index (Phi) is 7.13. The van der Waals surface area contributed by atoms with Gasteiger partial charge in [-0.05, 0) is 78.2 Å². The molecule has 0 radical (unpaired) electrons. The van der Waals surface area contributed by atoms with Crippen LogP contribution in [0.4, 0.5) is 0 Å². The number of hydrogen-bond acceptors (Lipinski definition) is 7. The van der Waals surface area contributed by atoms with Crippen molar-refractivity contribution in [1.29, 1.82) is 0 Å². The molecule has 10 nitrogen and oxygen atoms in total. The van der Waals surface area contributed by atoms with Gasteiger partial charge in [0.25, 0.3) is 5.56 Å². The third-order valence-corrected chi connectivity index (χ3v) is 8.62. The standard InChI is InChI=1S/C23H31N5O5S2/c1-13(2)28(14(3)4)35(32,33)25-21(30)23(6,7)20-17-12-16(9-10-18(17)34-24-20)27-19(29)11-15(5)26(8)22(27)31/h9-14H,1-8H3,(H,25,30). The zero-order chi connectivity index (χ0) is 26.5. The first-order chi connectivity index (χ1) is 16.1. The number of benzene rings is 1. The molecule has 12 heteroatoms. The highest BCUT2D eigenvalue weighted by Gasteiger charge is 2.39. The lowest BCUT2D eigenvalue weighted by molar-refractivity contribution is -0.123. The fraction of sp³-hybridized carbons (Fsp3) is 0.478. The molecule has 0 saturated carbocycles. The maximum atomic E-state index is 13.3. The van der Waals surface area contributed by atoms with Crippen LogP contribution >= 0.6 is 11.5 Å². The predicted octanol–water partition coefficient (Wildman–Crippen LogP) is 2.21. The summed E-state index contributed by atoms with van der Waals surface area (Å²) in [5.41, 5.74) is -1.08. The monoisotopic (exact) mass is 521 g/mol. The van der Waals surface area contributed by atoms with E-state index < -0.39 is 32.8 Å². The molecular formula is C23H31N5O5S2. The third-order valence-electron chi connectivity index (χ3n) is 5.95. The number of rotatable bonds is 7. The van der Waals surface area contributed by atoms with E-state index in [-0.39, 0.29) is 12.1 Å². The molecular weight excluding hydrogens is 490 g/mol. The van der Waals surface area contributed by atoms with Crippen LogP contribution in [-0.2, 0) is 27.5 Å². The van der Waals surface area contributed by atoms with Crippen LogP contribution in [0.2, 0.25) is 0 Å². The van der Waals surface area contributed by atoms with Crippen molar-refractivity contribution in [3.63, 3.8) is 0 Å². The molecule has 0 saturated heterocycles. The second-order valence-corrected chi connectivity index (χ2v) is 12.0. The topological polar surface area (TPSA) is 123 Å². The molecule has 190 valence electrons. The van der Waals surface area contributed by atoms with Gasteiger partial charge in [0, 0.05) is 36.3 Å². The lowest BCUT2D eigenvalue weighted by Crippen LogP contribution is -2.53. The van der Waals surface area contributed by atoms with E-state index >= 15 is 0 Å². The number of nitrogens with zero attached hydrogens (tertiary/aromatic N) is 4. The number of hydrogen-bond donors (Lipinski definition) is 1. The van der Waals surface area contributed by atoms with Crippen LogP contribution in [0.5, 0.6) is 0 Å². The Morgan fingerprint density at radius 3 is 2.29 bits per heavy atom. The summed E-state index contributed by atoms with van der Waals surface area (Å²) in [4.78, 5) is 38.6. The summed E-state index contributed by atoms with van der Waals surface area (Å²) >= 11 is 1.15. The van der Waals surface area contributed by atoms with E-state index in [0.717, 1.165) is 20.8 Å². The minimum absolute atomic E-state index is 0.333. The Bertz CT molecular complexity index is 1510. The van der Waals surface area contributed by atoms with Crippen LogP contribution in [-0.4, -0.2) is 44.2 Å². The molecule has 2 aromatic heterocycles. The summed E-state index contributed by atoms with van der Waals surface area (Å²) in [7, 11) is -2.52. The smallest absolute Gasteiger partial charge is 0.301 e. The zero-order valence-electron chi connectivity index (χ0n) is 21.1. The number of carbonyl (C=O) groups is 1. The van der Waals surface area contributed by atoms with E-state index in [2.05, 4.69) is 9.10 Å². The van der Waals surface area contributed by atoms with Crippen molar-refractivity contribution in [1.82, 2.24) is 22.5 Å². The number of aromatic nitrogens is 3. The number of carbonyl (C=O) groups excluding carboxylic acids is 1.